The van der Waals surface area contributed by atoms with Crippen LogP contribution >= 0.6 is 0 Å². The highest BCUT2D eigenvalue weighted by atomic mass is 16.1. The zero-order valence-electron chi connectivity index (χ0n) is 14.6. The first-order chi connectivity index (χ1) is 12.7. The molecule has 5 nitrogen and oxygen atoms in total. The Kier molecular flexibility index (Phi) is 4.35. The van der Waals surface area contributed by atoms with Crippen LogP contribution in [0.1, 0.15) is 27.0 Å². The number of hydrogen-bond acceptors (Lipinski definition) is 4. The third kappa shape index (κ3) is 3.42. The number of anilines is 2. The monoisotopic (exact) mass is 344 g/mol. The minimum absolute atomic E-state index is 0.178. The van der Waals surface area contributed by atoms with Gasteiger partial charge in [-0.25, -0.2) is 0 Å². The lowest BCUT2D eigenvalue weighted by atomic mass is 10.00. The van der Waals surface area contributed by atoms with Gasteiger partial charge in [0.15, 0.2) is 11.6 Å². The Morgan fingerprint density at radius 1 is 1.00 bits per heavy atom. The number of aryl methyl sites for hydroxylation is 1. The molecule has 0 saturated carbocycles. The quantitative estimate of drug-likeness (QED) is 0.789. The van der Waals surface area contributed by atoms with Crippen LogP contribution in [0.3, 0.4) is 0 Å². The van der Waals surface area contributed by atoms with E-state index in [1.54, 1.807) is 12.1 Å². The van der Waals surface area contributed by atoms with Gasteiger partial charge in [-0.3, -0.25) is 4.79 Å². The maximum absolute atomic E-state index is 12.3. The van der Waals surface area contributed by atoms with Crippen LogP contribution < -0.4 is 10.2 Å². The molecule has 0 spiro atoms. The van der Waals surface area contributed by atoms with Crippen molar-refractivity contribution in [1.82, 2.24) is 10.2 Å². The second-order valence-electron chi connectivity index (χ2n) is 6.54. The first-order valence-corrected chi connectivity index (χ1v) is 8.72. The Morgan fingerprint density at radius 2 is 1.85 bits per heavy atom. The predicted octanol–water partition coefficient (Wildman–Crippen LogP) is 3.60. The van der Waals surface area contributed by atoms with E-state index >= 15 is 0 Å². The smallest absolute Gasteiger partial charge is 0.256 e. The summed E-state index contributed by atoms with van der Waals surface area (Å²) in [5, 5.41) is 11.3. The van der Waals surface area contributed by atoms with Crippen LogP contribution in [0.15, 0.2) is 60.7 Å². The lowest BCUT2D eigenvalue weighted by molar-refractivity contribution is 0.102. The number of rotatable bonds is 3. The number of benzene rings is 2. The predicted molar refractivity (Wildman–Crippen MR) is 102 cm³/mol. The Morgan fingerprint density at radius 3 is 2.62 bits per heavy atom. The fourth-order valence-corrected chi connectivity index (χ4v) is 3.23. The van der Waals surface area contributed by atoms with Gasteiger partial charge in [0.05, 0.1) is 0 Å². The summed E-state index contributed by atoms with van der Waals surface area (Å²) in [7, 11) is 0. The van der Waals surface area contributed by atoms with Crippen LogP contribution in [0.25, 0.3) is 0 Å². The summed E-state index contributed by atoms with van der Waals surface area (Å²) < 4.78 is 0. The van der Waals surface area contributed by atoms with E-state index in [1.165, 1.54) is 11.1 Å². The van der Waals surface area contributed by atoms with Crippen molar-refractivity contribution in [3.8, 4) is 0 Å². The topological polar surface area (TPSA) is 58.1 Å². The van der Waals surface area contributed by atoms with E-state index in [0.29, 0.717) is 11.4 Å². The minimum Gasteiger partial charge on any atom is -0.350 e. The summed E-state index contributed by atoms with van der Waals surface area (Å²) in [4.78, 5) is 14.5. The van der Waals surface area contributed by atoms with Gasteiger partial charge in [0.1, 0.15) is 0 Å². The molecule has 1 N–H and O–H groups in total. The molecule has 1 aliphatic heterocycles. The normalized spacial score (nSPS) is 13.2. The van der Waals surface area contributed by atoms with Crippen LogP contribution in [0.2, 0.25) is 0 Å². The van der Waals surface area contributed by atoms with E-state index in [2.05, 4.69) is 44.7 Å². The van der Waals surface area contributed by atoms with Crippen molar-refractivity contribution < 1.29 is 4.79 Å². The van der Waals surface area contributed by atoms with E-state index in [9.17, 15) is 4.79 Å². The average molecular weight is 344 g/mol. The number of carbonyl (C=O) groups is 1. The van der Waals surface area contributed by atoms with Crippen LogP contribution in [0.5, 0.6) is 0 Å². The Bertz CT molecular complexity index is 937. The van der Waals surface area contributed by atoms with Crippen molar-refractivity contribution in [2.24, 2.45) is 0 Å². The molecular formula is C21H20N4O. The van der Waals surface area contributed by atoms with Crippen LogP contribution in [0, 0.1) is 6.92 Å². The second kappa shape index (κ2) is 6.96. The molecule has 1 aliphatic rings. The largest absolute Gasteiger partial charge is 0.350 e. The third-order valence-corrected chi connectivity index (χ3v) is 4.63. The molecule has 2 aromatic carbocycles. The summed E-state index contributed by atoms with van der Waals surface area (Å²) in [5.41, 5.74) is 4.39. The number of carbonyl (C=O) groups excluding carboxylic acids is 1. The lowest BCUT2D eigenvalue weighted by Gasteiger charge is -2.29. The van der Waals surface area contributed by atoms with Gasteiger partial charge in [-0.15, -0.1) is 10.2 Å². The number of aromatic nitrogens is 2. The molecular weight excluding hydrogens is 324 g/mol. The van der Waals surface area contributed by atoms with E-state index in [0.717, 1.165) is 30.9 Å². The average Bonchev–Trinajstić information content (AvgIpc) is 2.68. The van der Waals surface area contributed by atoms with Crippen molar-refractivity contribution in [2.75, 3.05) is 16.8 Å². The van der Waals surface area contributed by atoms with Gasteiger partial charge in [0.25, 0.3) is 5.91 Å². The molecule has 0 saturated heterocycles. The number of nitrogens with zero attached hydrogens (tertiary/aromatic N) is 3. The van der Waals surface area contributed by atoms with Gasteiger partial charge in [0.2, 0.25) is 0 Å². The highest BCUT2D eigenvalue weighted by molar-refractivity contribution is 6.03. The molecule has 3 aromatic rings. The molecule has 5 heteroatoms. The molecule has 0 bridgehead atoms. The third-order valence-electron chi connectivity index (χ3n) is 4.63. The second-order valence-corrected chi connectivity index (χ2v) is 6.54. The number of nitrogens with one attached hydrogen (secondary N) is 1. The van der Waals surface area contributed by atoms with Gasteiger partial charge in [-0.1, -0.05) is 42.0 Å². The summed E-state index contributed by atoms with van der Waals surface area (Å²) in [6.45, 7) is 3.71. The van der Waals surface area contributed by atoms with Crippen molar-refractivity contribution in [3.63, 3.8) is 0 Å². The first kappa shape index (κ1) is 16.3. The lowest BCUT2D eigenvalue weighted by Crippen LogP contribution is -2.31. The van der Waals surface area contributed by atoms with Crippen molar-refractivity contribution in [1.29, 1.82) is 0 Å². The maximum Gasteiger partial charge on any atom is 0.256 e. The number of fused-ring (bicyclic) bond motifs is 1. The molecule has 4 rings (SSSR count). The molecule has 0 atom stereocenters. The van der Waals surface area contributed by atoms with E-state index in [4.69, 9.17) is 0 Å². The number of hydrogen-bond donors (Lipinski definition) is 1. The van der Waals surface area contributed by atoms with Gasteiger partial charge >= 0.3 is 0 Å². The van der Waals surface area contributed by atoms with Crippen molar-refractivity contribution in [2.45, 2.75) is 19.9 Å². The first-order valence-electron chi connectivity index (χ1n) is 8.72. The SMILES string of the molecule is Cc1cccc(C(=O)Nc2ccc(N3CCc4ccccc4C3)nn2)c1. The molecule has 2 heterocycles. The zero-order valence-corrected chi connectivity index (χ0v) is 14.6. The molecule has 0 aliphatic carbocycles. The van der Waals surface area contributed by atoms with Gasteiger partial charge in [0, 0.05) is 18.7 Å². The van der Waals surface area contributed by atoms with Gasteiger partial charge < -0.3 is 10.2 Å². The Hall–Kier alpha value is -3.21. The molecule has 26 heavy (non-hydrogen) atoms. The Labute approximate surface area is 152 Å². The van der Waals surface area contributed by atoms with E-state index in [-0.39, 0.29) is 5.91 Å². The van der Waals surface area contributed by atoms with Crippen LogP contribution in [-0.2, 0) is 13.0 Å². The molecule has 1 amide bonds. The summed E-state index contributed by atoms with van der Waals surface area (Å²) in [6, 6.07) is 19.7. The number of amides is 1. The van der Waals surface area contributed by atoms with Crippen LogP contribution in [0.4, 0.5) is 11.6 Å². The fraction of sp³-hybridized carbons (Fsp3) is 0.190. The van der Waals surface area contributed by atoms with Gasteiger partial charge in [-0.05, 0) is 48.7 Å². The zero-order chi connectivity index (χ0) is 17.9. The maximum atomic E-state index is 12.3. The molecule has 130 valence electrons. The van der Waals surface area contributed by atoms with Crippen molar-refractivity contribution in [3.05, 3.63) is 82.9 Å². The molecule has 0 fully saturated rings. The summed E-state index contributed by atoms with van der Waals surface area (Å²) in [6.07, 6.45) is 1.00. The summed E-state index contributed by atoms with van der Waals surface area (Å²) >= 11 is 0. The summed E-state index contributed by atoms with van der Waals surface area (Å²) in [5.74, 6) is 1.10. The molecule has 0 radical (unpaired) electrons. The van der Waals surface area contributed by atoms with Crippen molar-refractivity contribution >= 4 is 17.5 Å². The molecule has 1 aromatic heterocycles. The minimum atomic E-state index is -0.178. The Balaban J connectivity index is 1.45. The van der Waals surface area contributed by atoms with Gasteiger partial charge in [-0.2, -0.15) is 0 Å². The standard InChI is InChI=1S/C21H20N4O/c1-15-5-4-8-17(13-15)21(26)22-19-9-10-20(24-23-19)25-12-11-16-6-2-3-7-18(16)14-25/h2-10,13H,11-12,14H2,1H3,(H,22,23,26). The van der Waals surface area contributed by atoms with E-state index in [1.807, 2.05) is 31.2 Å². The highest BCUT2D eigenvalue weighted by Crippen LogP contribution is 2.23. The molecule has 0 unspecified atom stereocenters. The highest BCUT2D eigenvalue weighted by Gasteiger charge is 2.17. The van der Waals surface area contributed by atoms with E-state index < -0.39 is 0 Å². The van der Waals surface area contributed by atoms with Crippen LogP contribution in [-0.4, -0.2) is 22.6 Å². The fourth-order valence-electron chi connectivity index (χ4n) is 3.23.